The lowest BCUT2D eigenvalue weighted by atomic mass is 9.72. The minimum Gasteiger partial charge on any atom is -0.457 e. The summed E-state index contributed by atoms with van der Waals surface area (Å²) in [7, 11) is 0. The molecule has 1 aliphatic carbocycles. The number of cyclic esters (lactones) is 1. The zero-order chi connectivity index (χ0) is 11.7. The predicted octanol–water partition coefficient (Wildman–Crippen LogP) is 3.63. The van der Waals surface area contributed by atoms with Gasteiger partial charge in [0, 0.05) is 6.42 Å². The Bertz CT molecular complexity index is 404. The zero-order valence-corrected chi connectivity index (χ0v) is 10.0. The maximum atomic E-state index is 12.1. The van der Waals surface area contributed by atoms with E-state index in [1.165, 1.54) is 19.3 Å². The van der Waals surface area contributed by atoms with E-state index >= 15 is 0 Å². The summed E-state index contributed by atoms with van der Waals surface area (Å²) in [6, 6.07) is 10.1. The van der Waals surface area contributed by atoms with Crippen LogP contribution < -0.4 is 0 Å². The van der Waals surface area contributed by atoms with Gasteiger partial charge in [0.05, 0.1) is 5.41 Å². The van der Waals surface area contributed by atoms with Crippen molar-refractivity contribution in [1.29, 1.82) is 0 Å². The van der Waals surface area contributed by atoms with Crippen molar-refractivity contribution in [1.82, 2.24) is 0 Å². The highest BCUT2D eigenvalue weighted by Crippen LogP contribution is 2.50. The quantitative estimate of drug-likeness (QED) is 0.689. The Morgan fingerprint density at radius 2 is 1.76 bits per heavy atom. The third-order valence-electron chi connectivity index (χ3n) is 4.24. The summed E-state index contributed by atoms with van der Waals surface area (Å²) in [5.41, 5.74) is 0.988. The molecule has 0 radical (unpaired) electrons. The summed E-state index contributed by atoms with van der Waals surface area (Å²) in [6.07, 6.45) is 6.54. The fourth-order valence-corrected chi connectivity index (χ4v) is 3.22. The largest absolute Gasteiger partial charge is 0.457 e. The maximum Gasteiger partial charge on any atom is 0.312 e. The molecule has 2 heteroatoms. The SMILES string of the molecule is O=C1O[C@@H](c2ccccc2)CC12CCCCC2. The van der Waals surface area contributed by atoms with E-state index in [0.29, 0.717) is 0 Å². The van der Waals surface area contributed by atoms with E-state index in [1.807, 2.05) is 18.2 Å². The molecule has 2 aliphatic rings. The topological polar surface area (TPSA) is 26.3 Å². The molecule has 0 unspecified atom stereocenters. The second-order valence-corrected chi connectivity index (χ2v) is 5.35. The lowest BCUT2D eigenvalue weighted by molar-refractivity contribution is -0.150. The van der Waals surface area contributed by atoms with Crippen LogP contribution in [0.15, 0.2) is 30.3 Å². The minimum absolute atomic E-state index is 0.0122. The van der Waals surface area contributed by atoms with E-state index < -0.39 is 0 Å². The average Bonchev–Trinajstić information content (AvgIpc) is 2.69. The summed E-state index contributed by atoms with van der Waals surface area (Å²) in [5.74, 6) is 0.0473. The minimum atomic E-state index is -0.154. The number of ether oxygens (including phenoxy) is 1. The van der Waals surface area contributed by atoms with E-state index in [9.17, 15) is 4.79 Å². The molecule has 1 heterocycles. The predicted molar refractivity (Wildman–Crippen MR) is 65.4 cm³/mol. The highest BCUT2D eigenvalue weighted by Gasteiger charge is 2.49. The second kappa shape index (κ2) is 4.17. The van der Waals surface area contributed by atoms with E-state index in [0.717, 1.165) is 24.8 Å². The van der Waals surface area contributed by atoms with Crippen LogP contribution in [0.5, 0.6) is 0 Å². The van der Waals surface area contributed by atoms with Crippen molar-refractivity contribution in [3.05, 3.63) is 35.9 Å². The van der Waals surface area contributed by atoms with Crippen molar-refractivity contribution >= 4 is 5.97 Å². The molecule has 2 fully saturated rings. The van der Waals surface area contributed by atoms with E-state index in [2.05, 4.69) is 12.1 Å². The van der Waals surface area contributed by atoms with E-state index in [1.54, 1.807) is 0 Å². The van der Waals surface area contributed by atoms with Gasteiger partial charge in [-0.2, -0.15) is 0 Å². The van der Waals surface area contributed by atoms with Gasteiger partial charge in [0.2, 0.25) is 0 Å². The summed E-state index contributed by atoms with van der Waals surface area (Å²) >= 11 is 0. The first-order valence-corrected chi connectivity index (χ1v) is 6.56. The van der Waals surface area contributed by atoms with Crippen LogP contribution in [-0.4, -0.2) is 5.97 Å². The molecule has 17 heavy (non-hydrogen) atoms. The van der Waals surface area contributed by atoms with Crippen LogP contribution in [0.4, 0.5) is 0 Å². The van der Waals surface area contributed by atoms with Gasteiger partial charge in [-0.25, -0.2) is 0 Å². The van der Waals surface area contributed by atoms with Gasteiger partial charge in [-0.05, 0) is 18.4 Å². The van der Waals surface area contributed by atoms with Crippen molar-refractivity contribution in [2.45, 2.75) is 44.6 Å². The molecule has 0 bridgehead atoms. The van der Waals surface area contributed by atoms with Gasteiger partial charge < -0.3 is 4.74 Å². The standard InChI is InChI=1S/C15H18O2/c16-14-15(9-5-2-6-10-15)11-13(17-14)12-7-3-1-4-8-12/h1,3-4,7-8,13H,2,5-6,9-11H2/t13-/m1/s1. The third kappa shape index (κ3) is 1.86. The van der Waals surface area contributed by atoms with Crippen LogP contribution in [0.3, 0.4) is 0 Å². The first-order chi connectivity index (χ1) is 8.30. The number of esters is 1. The Balaban J connectivity index is 1.82. The summed E-state index contributed by atoms with van der Waals surface area (Å²) < 4.78 is 5.60. The van der Waals surface area contributed by atoms with Gasteiger partial charge in [0.1, 0.15) is 6.10 Å². The van der Waals surface area contributed by atoms with E-state index in [4.69, 9.17) is 4.74 Å². The van der Waals surface area contributed by atoms with Gasteiger partial charge in [-0.1, -0.05) is 49.6 Å². The lowest BCUT2D eigenvalue weighted by Gasteiger charge is -2.28. The van der Waals surface area contributed by atoms with Crippen molar-refractivity contribution in [3.63, 3.8) is 0 Å². The molecule has 1 aromatic rings. The highest BCUT2D eigenvalue weighted by molar-refractivity contribution is 5.79. The smallest absolute Gasteiger partial charge is 0.312 e. The van der Waals surface area contributed by atoms with Crippen LogP contribution in [0, 0.1) is 5.41 Å². The molecular formula is C15H18O2. The fraction of sp³-hybridized carbons (Fsp3) is 0.533. The number of carbonyl (C=O) groups excluding carboxylic acids is 1. The van der Waals surface area contributed by atoms with E-state index in [-0.39, 0.29) is 17.5 Å². The first-order valence-electron chi connectivity index (χ1n) is 6.56. The van der Waals surface area contributed by atoms with Gasteiger partial charge in [0.15, 0.2) is 0 Å². The Morgan fingerprint density at radius 3 is 2.47 bits per heavy atom. The molecule has 1 aromatic carbocycles. The Morgan fingerprint density at radius 1 is 1.06 bits per heavy atom. The number of hydrogen-bond acceptors (Lipinski definition) is 2. The normalized spacial score (nSPS) is 27.1. The van der Waals surface area contributed by atoms with Crippen LogP contribution in [0.25, 0.3) is 0 Å². The summed E-state index contributed by atoms with van der Waals surface area (Å²) in [4.78, 5) is 12.1. The van der Waals surface area contributed by atoms with Crippen LogP contribution >= 0.6 is 0 Å². The zero-order valence-electron chi connectivity index (χ0n) is 10.0. The first kappa shape index (κ1) is 10.8. The van der Waals surface area contributed by atoms with Gasteiger partial charge in [-0.15, -0.1) is 0 Å². The molecule has 3 rings (SSSR count). The Labute approximate surface area is 102 Å². The third-order valence-corrected chi connectivity index (χ3v) is 4.24. The molecule has 0 amide bonds. The molecule has 0 N–H and O–H groups in total. The van der Waals surface area contributed by atoms with Crippen molar-refractivity contribution in [2.75, 3.05) is 0 Å². The highest BCUT2D eigenvalue weighted by atomic mass is 16.6. The number of benzene rings is 1. The summed E-state index contributed by atoms with van der Waals surface area (Å²) in [6.45, 7) is 0. The number of carbonyl (C=O) groups is 1. The van der Waals surface area contributed by atoms with Crippen LogP contribution in [-0.2, 0) is 9.53 Å². The number of hydrogen-bond donors (Lipinski definition) is 0. The molecule has 0 aromatic heterocycles. The van der Waals surface area contributed by atoms with Gasteiger partial charge in [-0.3, -0.25) is 4.79 Å². The number of rotatable bonds is 1. The van der Waals surface area contributed by atoms with Gasteiger partial charge >= 0.3 is 5.97 Å². The Kier molecular flexibility index (Phi) is 2.65. The lowest BCUT2D eigenvalue weighted by Crippen LogP contribution is -2.28. The summed E-state index contributed by atoms with van der Waals surface area (Å²) in [5, 5.41) is 0. The van der Waals surface area contributed by atoms with Crippen LogP contribution in [0.1, 0.15) is 50.2 Å². The molecule has 1 spiro atoms. The average molecular weight is 230 g/mol. The fourth-order valence-electron chi connectivity index (χ4n) is 3.22. The van der Waals surface area contributed by atoms with Crippen LogP contribution in [0.2, 0.25) is 0 Å². The monoisotopic (exact) mass is 230 g/mol. The Hall–Kier alpha value is -1.31. The molecule has 90 valence electrons. The molecule has 2 nitrogen and oxygen atoms in total. The second-order valence-electron chi connectivity index (χ2n) is 5.35. The van der Waals surface area contributed by atoms with Crippen molar-refractivity contribution in [3.8, 4) is 0 Å². The molecule has 1 aliphatic heterocycles. The van der Waals surface area contributed by atoms with Crippen molar-refractivity contribution < 1.29 is 9.53 Å². The molecule has 1 atom stereocenters. The molecule has 1 saturated heterocycles. The van der Waals surface area contributed by atoms with Crippen molar-refractivity contribution in [2.24, 2.45) is 5.41 Å². The molecule has 1 saturated carbocycles. The molecular weight excluding hydrogens is 212 g/mol. The van der Waals surface area contributed by atoms with Gasteiger partial charge in [0.25, 0.3) is 0 Å². The maximum absolute atomic E-state index is 12.1.